The van der Waals surface area contributed by atoms with Crippen LogP contribution in [0, 0.1) is 0 Å². The van der Waals surface area contributed by atoms with Crippen molar-refractivity contribution < 1.29 is 0 Å². The molecule has 74 heavy (non-hydrogen) atoms. The van der Waals surface area contributed by atoms with E-state index in [1.165, 1.54) is 83.6 Å². The first-order valence-electron chi connectivity index (χ1n) is 26.8. The van der Waals surface area contributed by atoms with Gasteiger partial charge in [0, 0.05) is 34.9 Å². The Balaban J connectivity index is 1.24. The van der Waals surface area contributed by atoms with Crippen molar-refractivity contribution in [1.82, 2.24) is 0 Å². The molecule has 0 bridgehead atoms. The number of fused-ring (bicyclic) bond motifs is 7. The van der Waals surface area contributed by atoms with Crippen molar-refractivity contribution in [1.29, 1.82) is 0 Å². The summed E-state index contributed by atoms with van der Waals surface area (Å²) in [4.78, 5) is 5.03. The highest BCUT2D eigenvalue weighted by Crippen LogP contribution is 2.63. The zero-order valence-corrected chi connectivity index (χ0v) is 45.7. The van der Waals surface area contributed by atoms with Gasteiger partial charge in [-0.2, -0.15) is 0 Å². The number of benzene rings is 9. The first-order valence-corrected chi connectivity index (χ1v) is 26.8. The normalized spacial score (nSPS) is 13.7. The molecule has 0 N–H and O–H groups in total. The Hall–Kier alpha value is -7.42. The lowest BCUT2D eigenvalue weighted by Crippen LogP contribution is -2.29. The molecule has 2 heteroatoms. The number of nitrogens with zero attached hydrogens (tertiary/aromatic N) is 2. The fourth-order valence-corrected chi connectivity index (χ4v) is 11.9. The van der Waals surface area contributed by atoms with Crippen LogP contribution < -0.4 is 9.80 Å². The Morgan fingerprint density at radius 2 is 0.703 bits per heavy atom. The highest BCUT2D eigenvalue weighted by atomic mass is 15.2. The lowest BCUT2D eigenvalue weighted by Gasteiger charge is -2.36. The predicted octanol–water partition coefficient (Wildman–Crippen LogP) is 19.8. The first kappa shape index (κ1) is 48.8. The minimum atomic E-state index is -0.694. The lowest BCUT2D eigenvalue weighted by molar-refractivity contribution is 0.590. The van der Waals surface area contributed by atoms with Gasteiger partial charge in [0.1, 0.15) is 0 Å². The SMILES string of the molecule is CC(C)(C)c1ccc(N(c2ccc(C(C)(C)C)cc2)c2ccc3c(c2)C(c2ccccc2)(c2ccccc2)c2cc(N(c4ccc(C(C)(C)C)cc4)c4ccc(C(C)(C)C)cc4)c4c(c2-3)-c2ccccc2C4)cc1. The van der Waals surface area contributed by atoms with Crippen LogP contribution in [0.2, 0.25) is 0 Å². The van der Waals surface area contributed by atoms with Gasteiger partial charge in [-0.3, -0.25) is 0 Å². The third-order valence-corrected chi connectivity index (χ3v) is 16.0. The largest absolute Gasteiger partial charge is 0.310 e. The van der Waals surface area contributed by atoms with Gasteiger partial charge in [-0.15, -0.1) is 0 Å². The third-order valence-electron chi connectivity index (χ3n) is 16.0. The molecule has 0 atom stereocenters. The van der Waals surface area contributed by atoms with Crippen molar-refractivity contribution in [2.24, 2.45) is 0 Å². The Labute approximate surface area is 442 Å². The van der Waals surface area contributed by atoms with Gasteiger partial charge in [0.15, 0.2) is 0 Å². The van der Waals surface area contributed by atoms with E-state index >= 15 is 0 Å². The van der Waals surface area contributed by atoms with Crippen molar-refractivity contribution in [2.75, 3.05) is 9.80 Å². The summed E-state index contributed by atoms with van der Waals surface area (Å²) in [5.41, 5.74) is 24.6. The lowest BCUT2D eigenvalue weighted by atomic mass is 9.67. The highest BCUT2D eigenvalue weighted by Gasteiger charge is 2.49. The van der Waals surface area contributed by atoms with Gasteiger partial charge in [-0.1, -0.05) is 223 Å². The molecule has 0 saturated carbocycles. The van der Waals surface area contributed by atoms with E-state index < -0.39 is 5.41 Å². The molecule has 2 aliphatic carbocycles. The summed E-state index contributed by atoms with van der Waals surface area (Å²) in [5, 5.41) is 0. The monoisotopic (exact) mass is 965 g/mol. The molecule has 11 rings (SSSR count). The van der Waals surface area contributed by atoms with E-state index in [1.54, 1.807) is 0 Å². The van der Waals surface area contributed by atoms with E-state index in [0.29, 0.717) is 0 Å². The van der Waals surface area contributed by atoms with Crippen molar-refractivity contribution in [2.45, 2.75) is 117 Å². The van der Waals surface area contributed by atoms with E-state index in [0.717, 1.165) is 34.9 Å². The van der Waals surface area contributed by atoms with Crippen LogP contribution in [0.5, 0.6) is 0 Å². The van der Waals surface area contributed by atoms with Crippen LogP contribution in [-0.4, -0.2) is 0 Å². The maximum atomic E-state index is 2.60. The minimum absolute atomic E-state index is 0.0190. The van der Waals surface area contributed by atoms with Crippen LogP contribution in [0.25, 0.3) is 22.3 Å². The molecule has 0 heterocycles. The van der Waals surface area contributed by atoms with Crippen LogP contribution >= 0.6 is 0 Å². The molecule has 0 radical (unpaired) electrons. The summed E-state index contributed by atoms with van der Waals surface area (Å²) in [7, 11) is 0. The smallest absolute Gasteiger partial charge is 0.0715 e. The highest BCUT2D eigenvalue weighted by molar-refractivity contribution is 6.03. The number of anilines is 6. The van der Waals surface area contributed by atoms with Gasteiger partial charge >= 0.3 is 0 Å². The molecule has 0 amide bonds. The second-order valence-electron chi connectivity index (χ2n) is 25.1. The van der Waals surface area contributed by atoms with Crippen LogP contribution in [0.4, 0.5) is 34.1 Å². The van der Waals surface area contributed by atoms with Crippen molar-refractivity contribution in [3.8, 4) is 22.3 Å². The zero-order valence-electron chi connectivity index (χ0n) is 45.7. The number of hydrogen-bond donors (Lipinski definition) is 0. The summed E-state index contributed by atoms with van der Waals surface area (Å²) in [6, 6.07) is 79.1. The average molecular weight is 965 g/mol. The van der Waals surface area contributed by atoms with Crippen molar-refractivity contribution in [3.63, 3.8) is 0 Å². The standard InChI is InChI=1S/C72H72N2/c1-68(2,3)49-27-35-55(36-28-49)73(56-37-29-50(30-38-56)69(4,5)6)59-43-44-61-63(46-59)72(53-22-15-13-16-23-53,54-24-17-14-18-25-54)64-47-65(62-45-48-21-19-20-26-60(48)66(62)67(61)64)74(57-39-31-51(32-40-57)70(7,8)9)58-41-33-52(34-42-58)71(10,11)12/h13-44,46-47H,45H2,1-12H3. The van der Waals surface area contributed by atoms with Crippen LogP contribution in [0.1, 0.15) is 139 Å². The topological polar surface area (TPSA) is 6.48 Å². The molecule has 0 unspecified atom stereocenters. The third kappa shape index (κ3) is 8.37. The van der Waals surface area contributed by atoms with Crippen LogP contribution in [0.15, 0.2) is 206 Å². The summed E-state index contributed by atoms with van der Waals surface area (Å²) < 4.78 is 0. The molecular formula is C72H72N2. The maximum Gasteiger partial charge on any atom is 0.0715 e. The van der Waals surface area contributed by atoms with Gasteiger partial charge in [-0.25, -0.2) is 0 Å². The van der Waals surface area contributed by atoms with E-state index in [2.05, 4.69) is 299 Å². The van der Waals surface area contributed by atoms with Gasteiger partial charge < -0.3 is 9.80 Å². The second kappa shape index (κ2) is 17.9. The van der Waals surface area contributed by atoms with Crippen molar-refractivity contribution >= 4 is 34.1 Å². The summed E-state index contributed by atoms with van der Waals surface area (Å²) in [5.74, 6) is 0. The van der Waals surface area contributed by atoms with Gasteiger partial charge in [0.2, 0.25) is 0 Å². The van der Waals surface area contributed by atoms with Gasteiger partial charge in [-0.05, 0) is 166 Å². The van der Waals surface area contributed by atoms with Gasteiger partial charge in [0.25, 0.3) is 0 Å². The van der Waals surface area contributed by atoms with E-state index in [4.69, 9.17) is 0 Å². The maximum absolute atomic E-state index is 2.60. The van der Waals surface area contributed by atoms with Crippen molar-refractivity contribution in [3.05, 3.63) is 262 Å². The molecule has 0 fully saturated rings. The molecule has 2 nitrogen and oxygen atoms in total. The van der Waals surface area contributed by atoms with E-state index in [9.17, 15) is 0 Å². The Morgan fingerprint density at radius 1 is 0.324 bits per heavy atom. The molecule has 0 aliphatic heterocycles. The molecule has 9 aromatic carbocycles. The van der Waals surface area contributed by atoms with Gasteiger partial charge in [0.05, 0.1) is 11.1 Å². The molecule has 0 aromatic heterocycles. The molecule has 0 spiro atoms. The summed E-state index contributed by atoms with van der Waals surface area (Å²) in [6.45, 7) is 27.6. The second-order valence-corrected chi connectivity index (χ2v) is 25.1. The molecule has 370 valence electrons. The molecule has 2 aliphatic rings. The molecule has 0 saturated heterocycles. The first-order chi connectivity index (χ1) is 35.2. The molecule has 9 aromatic rings. The number of rotatable bonds is 8. The number of hydrogen-bond acceptors (Lipinski definition) is 2. The van der Waals surface area contributed by atoms with E-state index in [1.807, 2.05) is 0 Å². The van der Waals surface area contributed by atoms with E-state index in [-0.39, 0.29) is 21.7 Å². The Morgan fingerprint density at radius 3 is 1.12 bits per heavy atom. The minimum Gasteiger partial charge on any atom is -0.310 e. The average Bonchev–Trinajstić information content (AvgIpc) is 3.92. The fourth-order valence-electron chi connectivity index (χ4n) is 11.9. The summed E-state index contributed by atoms with van der Waals surface area (Å²) >= 11 is 0. The Kier molecular flexibility index (Phi) is 11.8. The van der Waals surface area contributed by atoms with Crippen LogP contribution in [0.3, 0.4) is 0 Å². The van der Waals surface area contributed by atoms with Crippen LogP contribution in [-0.2, 0) is 33.5 Å². The zero-order chi connectivity index (χ0) is 52.0. The summed E-state index contributed by atoms with van der Waals surface area (Å²) in [6.07, 6.45) is 0.838. The Bertz CT molecular complexity index is 3340. The predicted molar refractivity (Wildman–Crippen MR) is 316 cm³/mol. The quantitative estimate of drug-likeness (QED) is 0.150. The molecular weight excluding hydrogens is 893 g/mol. The fraction of sp³-hybridized carbons (Fsp3) is 0.250.